The first-order chi connectivity index (χ1) is 9.90. The number of aliphatic hydroxyl groups excluding tert-OH is 1. The summed E-state index contributed by atoms with van der Waals surface area (Å²) >= 11 is 0. The molecule has 1 unspecified atom stereocenters. The average Bonchev–Trinajstić information content (AvgIpc) is 2.46. The van der Waals surface area contributed by atoms with E-state index >= 15 is 0 Å². The normalized spacial score (nSPS) is 23.2. The number of nitrogens with one attached hydrogen (secondary N) is 1. The fourth-order valence-electron chi connectivity index (χ4n) is 2.63. The van der Waals surface area contributed by atoms with E-state index in [2.05, 4.69) is 4.72 Å². The highest BCUT2D eigenvalue weighted by Gasteiger charge is 2.33. The molecule has 21 heavy (non-hydrogen) atoms. The van der Waals surface area contributed by atoms with Gasteiger partial charge in [-0.05, 0) is 43.4 Å². The number of hydrogen-bond donors (Lipinski definition) is 2. The van der Waals surface area contributed by atoms with E-state index in [0.29, 0.717) is 25.2 Å². The van der Waals surface area contributed by atoms with E-state index in [1.54, 1.807) is 18.2 Å². The third-order valence-electron chi connectivity index (χ3n) is 3.80. The molecule has 5 nitrogen and oxygen atoms in total. The molecule has 0 aliphatic carbocycles. The fraction of sp³-hybridized carbons (Fsp3) is 0.600. The van der Waals surface area contributed by atoms with Gasteiger partial charge < -0.3 is 9.84 Å². The number of hydrogen-bond acceptors (Lipinski definition) is 4. The lowest BCUT2D eigenvalue weighted by Gasteiger charge is -2.34. The Kier molecular flexibility index (Phi) is 5.03. The Balaban J connectivity index is 2.34. The molecule has 1 heterocycles. The number of ether oxygens (including phenoxy) is 1. The summed E-state index contributed by atoms with van der Waals surface area (Å²) in [6, 6.07) is 5.07. The van der Waals surface area contributed by atoms with Gasteiger partial charge in [0.25, 0.3) is 0 Å². The fourth-order valence-corrected chi connectivity index (χ4v) is 4.42. The molecule has 0 bridgehead atoms. The highest BCUT2D eigenvalue weighted by Crippen LogP contribution is 2.24. The molecular weight excluding hydrogens is 290 g/mol. The summed E-state index contributed by atoms with van der Waals surface area (Å²) < 4.78 is 33.6. The smallest absolute Gasteiger partial charge is 0.241 e. The third kappa shape index (κ3) is 3.83. The number of rotatable bonds is 5. The SMILES string of the molecule is CCc1ccc(CO)cc1S(=O)(=O)NC1(C)CCCOC1. The number of sulfonamides is 1. The summed E-state index contributed by atoms with van der Waals surface area (Å²) in [6.07, 6.45) is 2.22. The maximum atomic E-state index is 12.7. The van der Waals surface area contributed by atoms with Crippen LogP contribution in [0.5, 0.6) is 0 Å². The van der Waals surface area contributed by atoms with Gasteiger partial charge >= 0.3 is 0 Å². The van der Waals surface area contributed by atoms with Crippen LogP contribution in [0.1, 0.15) is 37.8 Å². The van der Waals surface area contributed by atoms with Crippen LogP contribution in [-0.4, -0.2) is 32.3 Å². The zero-order chi connectivity index (χ0) is 15.5. The van der Waals surface area contributed by atoms with Crippen molar-refractivity contribution in [3.8, 4) is 0 Å². The second-order valence-corrected chi connectivity index (χ2v) is 7.43. The largest absolute Gasteiger partial charge is 0.392 e. The van der Waals surface area contributed by atoms with Crippen molar-refractivity contribution in [3.05, 3.63) is 29.3 Å². The van der Waals surface area contributed by atoms with E-state index in [9.17, 15) is 13.5 Å². The van der Waals surface area contributed by atoms with Gasteiger partial charge in [0.15, 0.2) is 0 Å². The molecule has 1 saturated heterocycles. The lowest BCUT2D eigenvalue weighted by molar-refractivity contribution is 0.0386. The number of aliphatic hydroxyl groups is 1. The number of benzene rings is 1. The zero-order valence-corrected chi connectivity index (χ0v) is 13.4. The monoisotopic (exact) mass is 313 g/mol. The lowest BCUT2D eigenvalue weighted by atomic mass is 9.97. The van der Waals surface area contributed by atoms with Gasteiger partial charge in [0.05, 0.1) is 23.6 Å². The third-order valence-corrected chi connectivity index (χ3v) is 5.52. The maximum Gasteiger partial charge on any atom is 0.241 e. The van der Waals surface area contributed by atoms with E-state index in [4.69, 9.17) is 4.74 Å². The Labute approximate surface area is 126 Å². The van der Waals surface area contributed by atoms with Crippen molar-refractivity contribution in [3.63, 3.8) is 0 Å². The molecule has 0 radical (unpaired) electrons. The van der Waals surface area contributed by atoms with Crippen LogP contribution >= 0.6 is 0 Å². The standard InChI is InChI=1S/C15H23NO4S/c1-3-13-6-5-12(10-17)9-14(13)21(18,19)16-15(2)7-4-8-20-11-15/h5-6,9,16-17H,3-4,7-8,10-11H2,1-2H3. The minimum Gasteiger partial charge on any atom is -0.392 e. The molecule has 0 saturated carbocycles. The van der Waals surface area contributed by atoms with Crippen molar-refractivity contribution >= 4 is 10.0 Å². The first-order valence-electron chi connectivity index (χ1n) is 7.24. The van der Waals surface area contributed by atoms with Crippen LogP contribution in [0.15, 0.2) is 23.1 Å². The first-order valence-corrected chi connectivity index (χ1v) is 8.73. The van der Waals surface area contributed by atoms with E-state index in [-0.39, 0.29) is 11.5 Å². The van der Waals surface area contributed by atoms with Crippen molar-refractivity contribution in [1.82, 2.24) is 4.72 Å². The molecule has 0 spiro atoms. The summed E-state index contributed by atoms with van der Waals surface area (Å²) in [5, 5.41) is 9.23. The zero-order valence-electron chi connectivity index (χ0n) is 12.6. The second-order valence-electron chi connectivity index (χ2n) is 5.78. The van der Waals surface area contributed by atoms with Gasteiger partial charge in [-0.25, -0.2) is 13.1 Å². The van der Waals surface area contributed by atoms with E-state index < -0.39 is 15.6 Å². The predicted octanol–water partition coefficient (Wildman–Crippen LogP) is 1.59. The summed E-state index contributed by atoms with van der Waals surface area (Å²) in [5.74, 6) is 0. The van der Waals surface area contributed by atoms with Gasteiger partial charge in [-0.3, -0.25) is 0 Å². The summed E-state index contributed by atoms with van der Waals surface area (Å²) in [7, 11) is -3.63. The Hall–Kier alpha value is -0.950. The molecule has 0 aromatic heterocycles. The molecule has 118 valence electrons. The van der Waals surface area contributed by atoms with Crippen LogP contribution in [0.2, 0.25) is 0 Å². The molecule has 2 N–H and O–H groups in total. The van der Waals surface area contributed by atoms with Gasteiger partial charge in [-0.15, -0.1) is 0 Å². The molecule has 2 rings (SSSR count). The van der Waals surface area contributed by atoms with Crippen LogP contribution in [0, 0.1) is 0 Å². The van der Waals surface area contributed by atoms with Crippen LogP contribution in [0.4, 0.5) is 0 Å². The quantitative estimate of drug-likeness (QED) is 0.865. The van der Waals surface area contributed by atoms with Gasteiger partial charge in [0, 0.05) is 6.61 Å². The van der Waals surface area contributed by atoms with Gasteiger partial charge in [-0.2, -0.15) is 0 Å². The Morgan fingerprint density at radius 2 is 2.19 bits per heavy atom. The van der Waals surface area contributed by atoms with Crippen LogP contribution < -0.4 is 4.72 Å². The van der Waals surface area contributed by atoms with Crippen molar-refractivity contribution in [2.24, 2.45) is 0 Å². The van der Waals surface area contributed by atoms with Crippen LogP contribution in [-0.2, 0) is 27.8 Å². The molecule has 1 aliphatic rings. The summed E-state index contributed by atoms with van der Waals surface area (Å²) in [5.41, 5.74) is 0.773. The lowest BCUT2D eigenvalue weighted by Crippen LogP contribution is -2.51. The summed E-state index contributed by atoms with van der Waals surface area (Å²) in [4.78, 5) is 0.253. The van der Waals surface area contributed by atoms with Crippen LogP contribution in [0.25, 0.3) is 0 Å². The topological polar surface area (TPSA) is 75.6 Å². The average molecular weight is 313 g/mol. The van der Waals surface area contributed by atoms with E-state index in [1.807, 2.05) is 13.8 Å². The number of aryl methyl sites for hydroxylation is 1. The van der Waals surface area contributed by atoms with E-state index in [0.717, 1.165) is 18.4 Å². The molecule has 0 amide bonds. The van der Waals surface area contributed by atoms with Crippen molar-refractivity contribution in [1.29, 1.82) is 0 Å². The molecule has 1 aromatic carbocycles. The minimum atomic E-state index is -3.63. The predicted molar refractivity (Wildman–Crippen MR) is 80.5 cm³/mol. The molecule has 1 aliphatic heterocycles. The Morgan fingerprint density at radius 1 is 1.43 bits per heavy atom. The minimum absolute atomic E-state index is 0.174. The van der Waals surface area contributed by atoms with Crippen LogP contribution in [0.3, 0.4) is 0 Å². The van der Waals surface area contributed by atoms with E-state index in [1.165, 1.54) is 0 Å². The maximum absolute atomic E-state index is 12.7. The molecule has 1 atom stereocenters. The van der Waals surface area contributed by atoms with Crippen molar-refractivity contribution in [2.75, 3.05) is 13.2 Å². The molecular formula is C15H23NO4S. The Morgan fingerprint density at radius 3 is 2.76 bits per heavy atom. The second kappa shape index (κ2) is 6.44. The first kappa shape index (κ1) is 16.4. The van der Waals surface area contributed by atoms with Crippen molar-refractivity contribution < 1.29 is 18.3 Å². The molecule has 1 fully saturated rings. The highest BCUT2D eigenvalue weighted by molar-refractivity contribution is 7.89. The van der Waals surface area contributed by atoms with Gasteiger partial charge in [-0.1, -0.05) is 19.1 Å². The highest BCUT2D eigenvalue weighted by atomic mass is 32.2. The van der Waals surface area contributed by atoms with Gasteiger partial charge in [0.1, 0.15) is 0 Å². The Bertz CT molecular complexity index is 592. The molecule has 6 heteroatoms. The van der Waals surface area contributed by atoms with Gasteiger partial charge in [0.2, 0.25) is 10.0 Å². The summed E-state index contributed by atoms with van der Waals surface area (Å²) in [6.45, 7) is 4.67. The molecule has 1 aromatic rings. The van der Waals surface area contributed by atoms with Crippen molar-refractivity contribution in [2.45, 2.75) is 50.2 Å².